The van der Waals surface area contributed by atoms with Crippen LogP contribution in [-0.4, -0.2) is 27.4 Å². The predicted octanol–water partition coefficient (Wildman–Crippen LogP) is 4.24. The van der Waals surface area contributed by atoms with Gasteiger partial charge in [-0.25, -0.2) is 0 Å². The minimum atomic E-state index is 0.309. The molecule has 0 aliphatic rings. The second kappa shape index (κ2) is 10.9. The maximum absolute atomic E-state index is 8.60. The molecule has 0 N–H and O–H groups in total. The van der Waals surface area contributed by atoms with Crippen molar-refractivity contribution in [3.8, 4) is 35.1 Å². The Kier molecular flexibility index (Phi) is 7.98. The Hall–Kier alpha value is -3.90. The van der Waals surface area contributed by atoms with Crippen molar-refractivity contribution in [3.05, 3.63) is 59.7 Å². The lowest BCUT2D eigenvalue weighted by Gasteiger charge is -2.13. The molecular formula is C22H20N2O4. The molecule has 0 saturated heterocycles. The highest BCUT2D eigenvalue weighted by Crippen LogP contribution is 2.30. The molecule has 0 aliphatic carbocycles. The summed E-state index contributed by atoms with van der Waals surface area (Å²) in [4.78, 5) is 0. The molecule has 0 radical (unpaired) electrons. The summed E-state index contributed by atoms with van der Waals surface area (Å²) in [7, 11) is 3.12. The van der Waals surface area contributed by atoms with Gasteiger partial charge in [-0.3, -0.25) is 0 Å². The van der Waals surface area contributed by atoms with E-state index in [-0.39, 0.29) is 0 Å². The maximum Gasteiger partial charge on any atom is 0.161 e. The van der Waals surface area contributed by atoms with E-state index >= 15 is 0 Å². The van der Waals surface area contributed by atoms with Crippen molar-refractivity contribution in [3.63, 3.8) is 0 Å². The predicted molar refractivity (Wildman–Crippen MR) is 106 cm³/mol. The van der Waals surface area contributed by atoms with Crippen molar-refractivity contribution < 1.29 is 18.9 Å². The molecule has 2 aromatic carbocycles. The van der Waals surface area contributed by atoms with E-state index < -0.39 is 0 Å². The third-order valence-corrected chi connectivity index (χ3v) is 3.67. The normalized spacial score (nSPS) is 10.4. The SMILES string of the molecule is COc1cc(/C=C/C#N)ccc1OCCOc1ccc(/C=C/C#N)cc1OC. The average molecular weight is 376 g/mol. The second-order valence-electron chi connectivity index (χ2n) is 5.44. The number of ether oxygens (including phenoxy) is 4. The van der Waals surface area contributed by atoms with Gasteiger partial charge in [0.2, 0.25) is 0 Å². The molecule has 0 fully saturated rings. The molecule has 0 amide bonds. The van der Waals surface area contributed by atoms with Gasteiger partial charge in [0, 0.05) is 12.2 Å². The van der Waals surface area contributed by atoms with Crippen molar-refractivity contribution in [1.82, 2.24) is 0 Å². The van der Waals surface area contributed by atoms with Crippen molar-refractivity contribution >= 4 is 12.2 Å². The third kappa shape index (κ3) is 5.82. The van der Waals surface area contributed by atoms with Crippen molar-refractivity contribution in [2.45, 2.75) is 0 Å². The van der Waals surface area contributed by atoms with Crippen LogP contribution in [-0.2, 0) is 0 Å². The highest BCUT2D eigenvalue weighted by molar-refractivity contribution is 5.58. The van der Waals surface area contributed by atoms with Crippen LogP contribution < -0.4 is 18.9 Å². The second-order valence-corrected chi connectivity index (χ2v) is 5.44. The van der Waals surface area contributed by atoms with Crippen LogP contribution in [0.25, 0.3) is 12.2 Å². The zero-order valence-electron chi connectivity index (χ0n) is 15.7. The zero-order chi connectivity index (χ0) is 20.2. The molecule has 2 aromatic rings. The molecule has 6 heteroatoms. The van der Waals surface area contributed by atoms with Crippen molar-refractivity contribution in [2.24, 2.45) is 0 Å². The maximum atomic E-state index is 8.60. The Morgan fingerprint density at radius 2 is 1.14 bits per heavy atom. The lowest BCUT2D eigenvalue weighted by atomic mass is 10.2. The van der Waals surface area contributed by atoms with Gasteiger partial charge in [0.05, 0.1) is 26.4 Å². The summed E-state index contributed by atoms with van der Waals surface area (Å²) in [6.45, 7) is 0.617. The Labute approximate surface area is 164 Å². The highest BCUT2D eigenvalue weighted by Gasteiger charge is 2.07. The van der Waals surface area contributed by atoms with Crippen LogP contribution in [0.1, 0.15) is 11.1 Å². The number of benzene rings is 2. The van der Waals surface area contributed by atoms with Crippen LogP contribution in [0.5, 0.6) is 23.0 Å². The standard InChI is InChI=1S/C22H20N2O4/c1-25-21-15-17(5-3-11-23)7-9-19(21)27-13-14-28-20-10-8-18(6-4-12-24)16-22(20)26-2/h3-10,15-16H,13-14H2,1-2H3/b5-3+,6-4+. The molecular weight excluding hydrogens is 356 g/mol. The van der Waals surface area contributed by atoms with Crippen molar-refractivity contribution in [1.29, 1.82) is 10.5 Å². The molecule has 0 aliphatic heterocycles. The van der Waals surface area contributed by atoms with Crippen LogP contribution in [0.4, 0.5) is 0 Å². The molecule has 0 bridgehead atoms. The van der Waals surface area contributed by atoms with Crippen molar-refractivity contribution in [2.75, 3.05) is 27.4 Å². The number of allylic oxidation sites excluding steroid dienone is 2. The lowest BCUT2D eigenvalue weighted by molar-refractivity contribution is 0.206. The number of hydrogen-bond donors (Lipinski definition) is 0. The number of rotatable bonds is 9. The number of nitriles is 2. The van der Waals surface area contributed by atoms with Gasteiger partial charge >= 0.3 is 0 Å². The summed E-state index contributed by atoms with van der Waals surface area (Å²) in [5.41, 5.74) is 1.69. The first-order valence-electron chi connectivity index (χ1n) is 8.45. The van der Waals surface area contributed by atoms with Crippen LogP contribution in [0, 0.1) is 22.7 Å². The summed E-state index contributed by atoms with van der Waals surface area (Å²) in [6.07, 6.45) is 6.18. The largest absolute Gasteiger partial charge is 0.493 e. The molecule has 0 unspecified atom stereocenters. The monoisotopic (exact) mass is 376 g/mol. The molecule has 2 rings (SSSR count). The zero-order valence-corrected chi connectivity index (χ0v) is 15.7. The quantitative estimate of drug-likeness (QED) is 0.481. The van der Waals surface area contributed by atoms with E-state index in [2.05, 4.69) is 0 Å². The minimum Gasteiger partial charge on any atom is -0.493 e. The fourth-order valence-electron chi connectivity index (χ4n) is 2.38. The fraction of sp³-hybridized carbons (Fsp3) is 0.182. The van der Waals surface area contributed by atoms with Crippen LogP contribution in [0.3, 0.4) is 0 Å². The molecule has 0 spiro atoms. The van der Waals surface area contributed by atoms with Gasteiger partial charge in [-0.1, -0.05) is 12.1 Å². The number of methoxy groups -OCH3 is 2. The first-order chi connectivity index (χ1) is 13.7. The smallest absolute Gasteiger partial charge is 0.161 e. The summed E-state index contributed by atoms with van der Waals surface area (Å²) in [5.74, 6) is 2.32. The summed E-state index contributed by atoms with van der Waals surface area (Å²) in [5, 5.41) is 17.2. The van der Waals surface area contributed by atoms with Gasteiger partial charge in [-0.05, 0) is 47.5 Å². The molecule has 142 valence electrons. The molecule has 0 aromatic heterocycles. The first kappa shape index (κ1) is 20.4. The third-order valence-electron chi connectivity index (χ3n) is 3.67. The Balaban J connectivity index is 1.95. The van der Waals surface area contributed by atoms with Gasteiger partial charge in [-0.15, -0.1) is 0 Å². The van der Waals surface area contributed by atoms with E-state index in [1.54, 1.807) is 50.6 Å². The van der Waals surface area contributed by atoms with E-state index in [0.29, 0.717) is 36.2 Å². The average Bonchev–Trinajstić information content (AvgIpc) is 2.74. The summed E-state index contributed by atoms with van der Waals surface area (Å²) in [6, 6.07) is 14.7. The molecule has 0 saturated carbocycles. The summed E-state index contributed by atoms with van der Waals surface area (Å²) >= 11 is 0. The molecule has 28 heavy (non-hydrogen) atoms. The van der Waals surface area contributed by atoms with Crippen LogP contribution in [0.2, 0.25) is 0 Å². The van der Waals surface area contributed by atoms with Gasteiger partial charge in [0.1, 0.15) is 13.2 Å². The number of nitrogens with zero attached hydrogens (tertiary/aromatic N) is 2. The minimum absolute atomic E-state index is 0.309. The van der Waals surface area contributed by atoms with Gasteiger partial charge in [-0.2, -0.15) is 10.5 Å². The van der Waals surface area contributed by atoms with Gasteiger partial charge in [0.15, 0.2) is 23.0 Å². The van der Waals surface area contributed by atoms with E-state index in [1.807, 2.05) is 24.3 Å². The Bertz CT molecular complexity index is 859. The van der Waals surface area contributed by atoms with Gasteiger partial charge in [0.25, 0.3) is 0 Å². The van der Waals surface area contributed by atoms with E-state index in [4.69, 9.17) is 29.5 Å². The Morgan fingerprint density at radius 3 is 1.50 bits per heavy atom. The summed E-state index contributed by atoms with van der Waals surface area (Å²) < 4.78 is 22.1. The number of hydrogen-bond acceptors (Lipinski definition) is 6. The van der Waals surface area contributed by atoms with Crippen LogP contribution in [0.15, 0.2) is 48.6 Å². The van der Waals surface area contributed by atoms with E-state index in [1.165, 1.54) is 12.2 Å². The molecule has 0 atom stereocenters. The van der Waals surface area contributed by atoms with Crippen LogP contribution >= 0.6 is 0 Å². The fourth-order valence-corrected chi connectivity index (χ4v) is 2.38. The first-order valence-corrected chi connectivity index (χ1v) is 8.45. The highest BCUT2D eigenvalue weighted by atomic mass is 16.5. The van der Waals surface area contributed by atoms with E-state index in [0.717, 1.165) is 11.1 Å². The Morgan fingerprint density at radius 1 is 0.714 bits per heavy atom. The molecule has 0 heterocycles. The van der Waals surface area contributed by atoms with E-state index in [9.17, 15) is 0 Å². The van der Waals surface area contributed by atoms with Gasteiger partial charge < -0.3 is 18.9 Å². The topological polar surface area (TPSA) is 84.5 Å². The molecule has 6 nitrogen and oxygen atoms in total. The lowest BCUT2D eigenvalue weighted by Crippen LogP contribution is -2.10.